The van der Waals surface area contributed by atoms with Crippen molar-refractivity contribution in [3.63, 3.8) is 0 Å². The van der Waals surface area contributed by atoms with Crippen LogP contribution in [-0.4, -0.2) is 298 Å². The molecule has 0 unspecified atom stereocenters. The number of aliphatic carboxylic acids is 2. The molecule has 0 bridgehead atoms. The molecule has 20 atom stereocenters. The first kappa shape index (κ1) is 107. The van der Waals surface area contributed by atoms with E-state index < -0.39 is 248 Å². The number of hydrogen-bond donors (Lipinski definition) is 8. The Balaban J connectivity index is -0.00000330. The van der Waals surface area contributed by atoms with Crippen LogP contribution >= 0.6 is 0 Å². The summed E-state index contributed by atoms with van der Waals surface area (Å²) in [4.78, 5) is 49.9. The van der Waals surface area contributed by atoms with Crippen LogP contribution in [0.25, 0.3) is 0 Å². The van der Waals surface area contributed by atoms with E-state index >= 15 is 0 Å². The fourth-order valence-electron chi connectivity index (χ4n) is 7.69. The van der Waals surface area contributed by atoms with E-state index in [2.05, 4.69) is 26.7 Å². The van der Waals surface area contributed by atoms with Gasteiger partial charge in [-0.1, -0.05) is 0 Å². The monoisotopic (exact) mass is 1570 g/mol. The zero-order chi connectivity index (χ0) is 65.2. The Morgan fingerprint density at radius 3 is 0.989 bits per heavy atom. The molecule has 0 amide bonds. The Labute approximate surface area is 709 Å². The Morgan fingerprint density at radius 1 is 0.447 bits per heavy atom. The van der Waals surface area contributed by atoms with Crippen LogP contribution in [0, 0.1) is 0 Å². The van der Waals surface area contributed by atoms with Gasteiger partial charge in [-0.3, -0.25) is 17.5 Å². The molecule has 502 valence electrons. The zero-order valence-electron chi connectivity index (χ0n) is 50.3. The second-order valence-corrected chi connectivity index (χ2v) is 23.5. The van der Waals surface area contributed by atoms with Crippen LogP contribution in [0.2, 0.25) is 0 Å². The Kier molecular flexibility index (Phi) is 53.9. The standard InChI is InChI=1S/C32H54N4O44S6.8Na/c1-65-31-23(79-85(59,60)61)17(41)21(25(73-31)27(43)44)75-77-29-13(35-81(47,48)49)15(39)19(9(71-29)5-69-83(53,54)55)67-7-11(37)33-3-4-34-12(38)8-68-20-10(6-70-84(56,57)58)72-30(14(16(20)40)36-82(50,51)52)78-76-22-18(42)24(80-86(62,63)64)32(66-2)74-26(22)28(45)46;;;;;;;;/h9-10,13-26,29-32,35-36,39-42H,3-8H2,1-2H3,(H,33,37)(H,34,38)(H,43,44)(H,45,46)(H,47,48,49)(H,50,51,52)(H,53,54,55)(H,56,57,58)(H,59,60,61)(H,62,63,64);;;;;;;;/q;8*+1/p-8/t9-,10-,13-,14-,15-,16-,17+,18+,19-,20-,21+,22+,23-,24-,25-,26-,29-,30-,31-,32-;;;;;;;;/m1......../s1. The van der Waals surface area contributed by atoms with Gasteiger partial charge in [0.25, 0.3) is 0 Å². The number of ether oxygens (including phenoxy) is 8. The third-order valence-electron chi connectivity index (χ3n) is 11.1. The van der Waals surface area contributed by atoms with Gasteiger partial charge in [-0.25, -0.2) is 71.0 Å². The summed E-state index contributed by atoms with van der Waals surface area (Å²) in [6, 6.07) is -5.14. The fourth-order valence-corrected chi connectivity index (χ4v) is 10.4. The maximum Gasteiger partial charge on any atom is 1.00 e. The van der Waals surface area contributed by atoms with Gasteiger partial charge < -0.3 is 117 Å². The molecule has 4 rings (SSSR count). The van der Waals surface area contributed by atoms with Crippen LogP contribution in [0.5, 0.6) is 0 Å². The van der Waals surface area contributed by atoms with Gasteiger partial charge in [-0.15, -0.1) is 0 Å². The first-order valence-electron chi connectivity index (χ1n) is 22.5. The van der Waals surface area contributed by atoms with Gasteiger partial charge in [0.1, 0.15) is 73.1 Å². The van der Waals surface area contributed by atoms with E-state index in [1.165, 1.54) is 9.44 Å². The van der Waals surface area contributed by atoms with Gasteiger partial charge >= 0.3 is 257 Å². The number of nitrogens with one attached hydrogen (secondary N) is 2. The van der Waals surface area contributed by atoms with E-state index in [9.17, 15) is 119 Å². The van der Waals surface area contributed by atoms with Gasteiger partial charge in [-0.2, -0.15) is 16.8 Å². The van der Waals surface area contributed by atoms with E-state index in [4.69, 9.17) is 66.6 Å². The first-order chi connectivity index (χ1) is 39.4. The SMILES string of the molecule is CO[C@@H]1O[C@@H](C(=O)[O-])[C@@H](OO[C@H]2O[C@H](COS(=O)(=O)[O-])[C@@H](OCC([O-])=NCCN=C([O-])CO[C@H]3[C@H](O)[C@@H](NS(=O)(=O)[O-])[C@@H](OO[C@H]4[C@H](O)[C@@H](OS(=O)(=O)O)[C@H](OC)O[C@H]4C(=O)[O-])O[C@@H]3COS(=O)(=O)[O-])[C@H](O)[C@H]2NS(=O)(=O)[O-])[C@H](O)[C@H]1OS(=O)(=O)O.[Na+].[Na+].[Na+].[Na+].[Na+].[Na+].[Na+].[Na+]. The molecule has 8 N–H and O–H groups in total. The maximum absolute atomic E-state index is 12.8. The second kappa shape index (κ2) is 47.3. The second-order valence-electron chi connectivity index (χ2n) is 17.0. The molecule has 0 aromatic carbocycles. The van der Waals surface area contributed by atoms with Crippen molar-refractivity contribution in [1.29, 1.82) is 0 Å². The number of carboxylic acid groups (broad SMARTS) is 2. The smallest absolute Gasteiger partial charge is 0.860 e. The molecule has 0 spiro atoms. The first-order valence-corrected chi connectivity index (χ1v) is 30.7. The van der Waals surface area contributed by atoms with Crippen molar-refractivity contribution in [2.75, 3.05) is 53.7 Å². The third kappa shape index (κ3) is 36.4. The number of nitrogens with zero attached hydrogens (tertiary/aromatic N) is 2. The topological polar surface area (TPSA) is 741 Å². The number of aliphatic hydroxyl groups is 4. The number of carbonyl (C=O) groups excluding carboxylic acids is 2. The maximum atomic E-state index is 12.8. The summed E-state index contributed by atoms with van der Waals surface area (Å²) in [5.41, 5.74) is 0. The van der Waals surface area contributed by atoms with Crippen molar-refractivity contribution in [1.82, 2.24) is 9.44 Å². The summed E-state index contributed by atoms with van der Waals surface area (Å²) in [6.45, 7) is -7.47. The Morgan fingerprint density at radius 2 is 0.745 bits per heavy atom. The van der Waals surface area contributed by atoms with Crippen molar-refractivity contribution in [2.24, 2.45) is 9.98 Å². The van der Waals surface area contributed by atoms with Gasteiger partial charge in [0, 0.05) is 14.2 Å². The Hall–Kier alpha value is 4.46. The molecular formula is C32H46N4Na8O44S6. The van der Waals surface area contributed by atoms with Gasteiger partial charge in [0.05, 0.1) is 51.5 Å². The minimum Gasteiger partial charge on any atom is -0.860 e. The molecule has 0 aliphatic carbocycles. The largest absolute Gasteiger partial charge is 1.00 e. The summed E-state index contributed by atoms with van der Waals surface area (Å²) in [6.07, 6.45) is -44.4. The molecule has 0 saturated carbocycles. The average molecular weight is 1570 g/mol. The van der Waals surface area contributed by atoms with E-state index in [0.717, 1.165) is 14.2 Å². The average Bonchev–Trinajstić information content (AvgIpc) is 0.803. The zero-order valence-corrected chi connectivity index (χ0v) is 71.2. The molecule has 0 aromatic heterocycles. The van der Waals surface area contributed by atoms with E-state index in [1.807, 2.05) is 0 Å². The fraction of sp³-hybridized carbons (Fsp3) is 0.875. The van der Waals surface area contributed by atoms with E-state index in [0.29, 0.717) is 0 Å². The summed E-state index contributed by atoms with van der Waals surface area (Å²) in [5, 5.41) is 93.3. The number of aliphatic hydroxyl groups excluding tert-OH is 4. The summed E-state index contributed by atoms with van der Waals surface area (Å²) >= 11 is 0. The molecular weight excluding hydrogens is 1520 g/mol. The number of methoxy groups -OCH3 is 2. The van der Waals surface area contributed by atoms with Crippen LogP contribution in [0.3, 0.4) is 0 Å². The molecule has 4 fully saturated rings. The molecule has 4 aliphatic rings. The van der Waals surface area contributed by atoms with Crippen molar-refractivity contribution < 1.29 is 439 Å². The quantitative estimate of drug-likeness (QED) is 0.00442. The van der Waals surface area contributed by atoms with Crippen LogP contribution < -0.4 is 266 Å². The number of hydrogen-bond acceptors (Lipinski definition) is 44. The van der Waals surface area contributed by atoms with Crippen molar-refractivity contribution >= 4 is 85.9 Å². The molecule has 94 heavy (non-hydrogen) atoms. The number of aliphatic imine (C=N–C) groups is 2. The van der Waals surface area contributed by atoms with Crippen molar-refractivity contribution in [3.8, 4) is 0 Å². The van der Waals surface area contributed by atoms with Crippen LogP contribution in [0.15, 0.2) is 9.98 Å². The van der Waals surface area contributed by atoms with Crippen LogP contribution in [-0.2, 0) is 146 Å². The minimum absolute atomic E-state index is 0. The Bertz CT molecular complexity index is 2880. The van der Waals surface area contributed by atoms with Crippen LogP contribution in [0.1, 0.15) is 0 Å². The predicted molar refractivity (Wildman–Crippen MR) is 236 cm³/mol. The molecule has 4 saturated heterocycles. The summed E-state index contributed by atoms with van der Waals surface area (Å²) < 4.78 is 263. The van der Waals surface area contributed by atoms with Crippen molar-refractivity contribution in [2.45, 2.75) is 123 Å². The number of rotatable bonds is 33. The molecule has 62 heteroatoms. The van der Waals surface area contributed by atoms with Gasteiger partial charge in [0.2, 0.25) is 33.4 Å². The molecule has 48 nitrogen and oxygen atoms in total. The summed E-state index contributed by atoms with van der Waals surface area (Å²) in [5.74, 6) is -7.35. The van der Waals surface area contributed by atoms with Gasteiger partial charge in [0.15, 0.2) is 57.6 Å². The third-order valence-corrected chi connectivity index (χ3v) is 14.0. The molecule has 0 radical (unpaired) electrons. The van der Waals surface area contributed by atoms with Gasteiger partial charge in [-0.05, 0) is 11.8 Å². The normalized spacial score (nSPS) is 31.9. The number of carboxylic acids is 2. The van der Waals surface area contributed by atoms with E-state index in [1.54, 1.807) is 0 Å². The summed E-state index contributed by atoms with van der Waals surface area (Å²) in [7, 11) is -32.5. The van der Waals surface area contributed by atoms with E-state index in [-0.39, 0.29) is 236 Å². The molecule has 4 heterocycles. The van der Waals surface area contributed by atoms with Crippen molar-refractivity contribution in [3.05, 3.63) is 0 Å². The van der Waals surface area contributed by atoms with Crippen LogP contribution in [0.4, 0.5) is 0 Å². The predicted octanol–water partition coefficient (Wildman–Crippen LogP) is -40.8. The molecule has 0 aromatic rings. The number of carbonyl (C=O) groups is 2. The minimum atomic E-state index is -5.80. The molecule has 4 aliphatic heterocycles.